The maximum Gasteiger partial charge on any atom is 0.335 e. The van der Waals surface area contributed by atoms with Gasteiger partial charge in [0.05, 0.1) is 11.1 Å². The molecule has 0 radical (unpaired) electrons. The van der Waals surface area contributed by atoms with Gasteiger partial charge in [0.1, 0.15) is 0 Å². The lowest BCUT2D eigenvalue weighted by atomic mass is 9.93. The highest BCUT2D eigenvalue weighted by Gasteiger charge is 2.39. The Kier molecular flexibility index (Phi) is 4.09. The van der Waals surface area contributed by atoms with Gasteiger partial charge >= 0.3 is 5.97 Å². The average Bonchev–Trinajstić information content (AvgIpc) is 2.91. The molecular weight excluding hydrogens is 256 g/mol. The number of carbonyl (C=O) groups is 2. The van der Waals surface area contributed by atoms with E-state index in [1.165, 1.54) is 12.1 Å². The minimum absolute atomic E-state index is 0.0804. The molecule has 1 atom stereocenters. The highest BCUT2D eigenvalue weighted by molar-refractivity contribution is 6.00. The standard InChI is InChI=1S/C15H20N2O3/c1-3-15(7-4-8-16-15)14(20)17-12-9-11(13(18)19)6-5-10(12)2/h5-6,9,16H,3-4,7-8H2,1-2H3,(H,17,20)(H,18,19). The molecule has 0 aromatic heterocycles. The van der Waals surface area contributed by atoms with Crippen LogP contribution in [0.2, 0.25) is 0 Å². The van der Waals surface area contributed by atoms with Crippen LogP contribution in [0.1, 0.15) is 42.1 Å². The molecule has 1 aromatic carbocycles. The fourth-order valence-electron chi connectivity index (χ4n) is 2.59. The molecule has 1 saturated heterocycles. The highest BCUT2D eigenvalue weighted by Crippen LogP contribution is 2.26. The second-order valence-corrected chi connectivity index (χ2v) is 5.25. The van der Waals surface area contributed by atoms with Crippen molar-refractivity contribution in [2.75, 3.05) is 11.9 Å². The molecule has 1 fully saturated rings. The second kappa shape index (κ2) is 5.63. The molecule has 0 aliphatic carbocycles. The quantitative estimate of drug-likeness (QED) is 0.787. The minimum Gasteiger partial charge on any atom is -0.478 e. The van der Waals surface area contributed by atoms with E-state index >= 15 is 0 Å². The number of aromatic carboxylic acids is 1. The Balaban J connectivity index is 2.23. The average molecular weight is 276 g/mol. The van der Waals surface area contributed by atoms with Crippen LogP contribution in [0.15, 0.2) is 18.2 Å². The number of hydrogen-bond donors (Lipinski definition) is 3. The van der Waals surface area contributed by atoms with E-state index in [1.807, 2.05) is 13.8 Å². The van der Waals surface area contributed by atoms with Gasteiger partial charge in [-0.15, -0.1) is 0 Å². The summed E-state index contributed by atoms with van der Waals surface area (Å²) in [6.45, 7) is 4.68. The number of aryl methyl sites for hydroxylation is 1. The van der Waals surface area contributed by atoms with Gasteiger partial charge in [-0.1, -0.05) is 13.0 Å². The van der Waals surface area contributed by atoms with Crippen molar-refractivity contribution < 1.29 is 14.7 Å². The first kappa shape index (κ1) is 14.5. The third-order valence-corrected chi connectivity index (χ3v) is 4.01. The van der Waals surface area contributed by atoms with E-state index in [4.69, 9.17) is 5.11 Å². The van der Waals surface area contributed by atoms with Gasteiger partial charge in [0.2, 0.25) is 5.91 Å². The zero-order valence-electron chi connectivity index (χ0n) is 11.8. The van der Waals surface area contributed by atoms with E-state index in [0.717, 1.165) is 31.4 Å². The molecule has 1 unspecified atom stereocenters. The molecule has 2 rings (SSSR count). The molecule has 0 spiro atoms. The van der Waals surface area contributed by atoms with Crippen LogP contribution in [0.3, 0.4) is 0 Å². The monoisotopic (exact) mass is 276 g/mol. The summed E-state index contributed by atoms with van der Waals surface area (Å²) in [4.78, 5) is 23.5. The predicted octanol–water partition coefficient (Wildman–Crippen LogP) is 2.16. The normalized spacial score (nSPS) is 21.7. The highest BCUT2D eigenvalue weighted by atomic mass is 16.4. The lowest BCUT2D eigenvalue weighted by molar-refractivity contribution is -0.122. The number of benzene rings is 1. The summed E-state index contributed by atoms with van der Waals surface area (Å²) in [5.41, 5.74) is 1.07. The Bertz CT molecular complexity index is 534. The summed E-state index contributed by atoms with van der Waals surface area (Å²) in [7, 11) is 0. The van der Waals surface area contributed by atoms with Crippen LogP contribution in [0, 0.1) is 6.92 Å². The van der Waals surface area contributed by atoms with Crippen LogP contribution in [-0.2, 0) is 4.79 Å². The van der Waals surface area contributed by atoms with E-state index in [2.05, 4.69) is 10.6 Å². The Morgan fingerprint density at radius 2 is 2.20 bits per heavy atom. The maximum absolute atomic E-state index is 12.5. The summed E-state index contributed by atoms with van der Waals surface area (Å²) in [6, 6.07) is 4.75. The molecule has 5 heteroatoms. The SMILES string of the molecule is CCC1(C(=O)Nc2cc(C(=O)O)ccc2C)CCCN1. The molecule has 1 heterocycles. The van der Waals surface area contributed by atoms with Gasteiger partial charge < -0.3 is 15.7 Å². The van der Waals surface area contributed by atoms with Crippen molar-refractivity contribution >= 4 is 17.6 Å². The van der Waals surface area contributed by atoms with Crippen LogP contribution < -0.4 is 10.6 Å². The number of nitrogens with one attached hydrogen (secondary N) is 2. The molecule has 20 heavy (non-hydrogen) atoms. The van der Waals surface area contributed by atoms with Crippen molar-refractivity contribution in [3.8, 4) is 0 Å². The van der Waals surface area contributed by atoms with Crippen LogP contribution in [0.5, 0.6) is 0 Å². The van der Waals surface area contributed by atoms with E-state index in [1.54, 1.807) is 6.07 Å². The van der Waals surface area contributed by atoms with Gasteiger partial charge in [0, 0.05) is 5.69 Å². The fraction of sp³-hybridized carbons (Fsp3) is 0.467. The lowest BCUT2D eigenvalue weighted by Gasteiger charge is -2.27. The Labute approximate surface area is 118 Å². The molecule has 5 nitrogen and oxygen atoms in total. The first-order valence-corrected chi connectivity index (χ1v) is 6.89. The summed E-state index contributed by atoms with van der Waals surface area (Å²) in [5.74, 6) is -1.08. The van der Waals surface area contributed by atoms with Crippen molar-refractivity contribution in [1.29, 1.82) is 0 Å². The molecule has 0 bridgehead atoms. The molecule has 1 amide bonds. The minimum atomic E-state index is -0.996. The Morgan fingerprint density at radius 1 is 1.45 bits per heavy atom. The van der Waals surface area contributed by atoms with Crippen molar-refractivity contribution in [2.24, 2.45) is 0 Å². The van der Waals surface area contributed by atoms with Crippen LogP contribution in [0.25, 0.3) is 0 Å². The van der Waals surface area contributed by atoms with Gasteiger partial charge in [-0.05, 0) is 50.4 Å². The molecule has 1 aromatic rings. The van der Waals surface area contributed by atoms with Crippen LogP contribution >= 0.6 is 0 Å². The van der Waals surface area contributed by atoms with E-state index in [0.29, 0.717) is 5.69 Å². The number of carbonyl (C=O) groups excluding carboxylic acids is 1. The van der Waals surface area contributed by atoms with Gasteiger partial charge in [-0.25, -0.2) is 4.79 Å². The number of anilines is 1. The largest absolute Gasteiger partial charge is 0.478 e. The number of rotatable bonds is 4. The van der Waals surface area contributed by atoms with Crippen LogP contribution in [-0.4, -0.2) is 29.1 Å². The zero-order chi connectivity index (χ0) is 14.8. The van der Waals surface area contributed by atoms with Gasteiger partial charge in [0.15, 0.2) is 0 Å². The van der Waals surface area contributed by atoms with Crippen molar-refractivity contribution in [3.05, 3.63) is 29.3 Å². The zero-order valence-corrected chi connectivity index (χ0v) is 11.8. The van der Waals surface area contributed by atoms with E-state index in [9.17, 15) is 9.59 Å². The van der Waals surface area contributed by atoms with Gasteiger partial charge in [-0.2, -0.15) is 0 Å². The van der Waals surface area contributed by atoms with Crippen LogP contribution in [0.4, 0.5) is 5.69 Å². The molecule has 0 saturated carbocycles. The van der Waals surface area contributed by atoms with Crippen molar-refractivity contribution in [1.82, 2.24) is 5.32 Å². The fourth-order valence-corrected chi connectivity index (χ4v) is 2.59. The topological polar surface area (TPSA) is 78.4 Å². The summed E-state index contributed by atoms with van der Waals surface area (Å²) in [6.07, 6.45) is 2.51. The Hall–Kier alpha value is -1.88. The van der Waals surface area contributed by atoms with Gasteiger partial charge in [0.25, 0.3) is 0 Å². The molecular formula is C15H20N2O3. The van der Waals surface area contributed by atoms with E-state index < -0.39 is 11.5 Å². The number of amides is 1. The molecule has 3 N–H and O–H groups in total. The molecule has 1 aliphatic rings. The van der Waals surface area contributed by atoms with Crippen molar-refractivity contribution in [3.63, 3.8) is 0 Å². The summed E-state index contributed by atoms with van der Waals surface area (Å²) in [5, 5.41) is 15.2. The summed E-state index contributed by atoms with van der Waals surface area (Å²) >= 11 is 0. The van der Waals surface area contributed by atoms with Crippen molar-refractivity contribution in [2.45, 2.75) is 38.6 Å². The Morgan fingerprint density at radius 3 is 2.75 bits per heavy atom. The maximum atomic E-state index is 12.5. The first-order valence-electron chi connectivity index (χ1n) is 6.89. The lowest BCUT2D eigenvalue weighted by Crippen LogP contribution is -2.50. The third-order valence-electron chi connectivity index (χ3n) is 4.01. The van der Waals surface area contributed by atoms with E-state index in [-0.39, 0.29) is 11.5 Å². The molecule has 108 valence electrons. The number of carboxylic acid groups (broad SMARTS) is 1. The smallest absolute Gasteiger partial charge is 0.335 e. The van der Waals surface area contributed by atoms with Gasteiger partial charge in [-0.3, -0.25) is 4.79 Å². The first-order chi connectivity index (χ1) is 9.48. The summed E-state index contributed by atoms with van der Waals surface area (Å²) < 4.78 is 0. The number of carboxylic acids is 1. The third kappa shape index (κ3) is 2.67. The molecule has 1 aliphatic heterocycles. The second-order valence-electron chi connectivity index (χ2n) is 5.25. The number of hydrogen-bond acceptors (Lipinski definition) is 3. The predicted molar refractivity (Wildman–Crippen MR) is 77.0 cm³/mol.